The van der Waals surface area contributed by atoms with Gasteiger partial charge in [-0.05, 0) is 36.0 Å². The number of rotatable bonds is 13. The van der Waals surface area contributed by atoms with Gasteiger partial charge in [0.1, 0.15) is 12.0 Å². The number of ether oxygens (including phenoxy) is 4. The SMILES string of the molecule is COc1cc(OCC(=O)N2CC3[C@@H](C2C(=O)C(C)C(C)[C@H](C=O)C[C@@H]2CCNC2=O)C3(C)C)cc(OC)c1OC. The van der Waals surface area contributed by atoms with Gasteiger partial charge >= 0.3 is 0 Å². The van der Waals surface area contributed by atoms with Gasteiger partial charge in [-0.25, -0.2) is 0 Å². The summed E-state index contributed by atoms with van der Waals surface area (Å²) in [6.07, 6.45) is 2.02. The number of hydrogen-bond acceptors (Lipinski definition) is 8. The van der Waals surface area contributed by atoms with E-state index in [1.54, 1.807) is 17.0 Å². The van der Waals surface area contributed by atoms with Gasteiger partial charge < -0.3 is 34.0 Å². The second kappa shape index (κ2) is 11.7. The molecule has 10 heteroatoms. The number of methoxy groups -OCH3 is 3. The summed E-state index contributed by atoms with van der Waals surface area (Å²) < 4.78 is 21.9. The van der Waals surface area contributed by atoms with E-state index < -0.39 is 17.9 Å². The molecule has 4 unspecified atom stereocenters. The summed E-state index contributed by atoms with van der Waals surface area (Å²) in [7, 11) is 4.51. The van der Waals surface area contributed by atoms with Crippen molar-refractivity contribution in [3.8, 4) is 23.0 Å². The molecular weight excluding hydrogens is 516 g/mol. The molecule has 2 amide bonds. The average Bonchev–Trinajstić information content (AvgIpc) is 3.30. The monoisotopic (exact) mass is 558 g/mol. The van der Waals surface area contributed by atoms with Crippen molar-refractivity contribution in [1.82, 2.24) is 10.2 Å². The molecule has 1 aromatic carbocycles. The van der Waals surface area contributed by atoms with Gasteiger partial charge in [-0.3, -0.25) is 14.4 Å². The highest BCUT2D eigenvalue weighted by molar-refractivity contribution is 5.93. The Hall–Kier alpha value is -3.30. The van der Waals surface area contributed by atoms with Gasteiger partial charge in [0, 0.05) is 43.0 Å². The number of amides is 2. The van der Waals surface area contributed by atoms with Gasteiger partial charge in [0.05, 0.1) is 27.4 Å². The summed E-state index contributed by atoms with van der Waals surface area (Å²) in [4.78, 5) is 53.2. The summed E-state index contributed by atoms with van der Waals surface area (Å²) in [5.41, 5.74) is -0.0381. The lowest BCUT2D eigenvalue weighted by atomic mass is 9.76. The predicted molar refractivity (Wildman–Crippen MR) is 146 cm³/mol. The summed E-state index contributed by atoms with van der Waals surface area (Å²) in [5.74, 6) is 0.246. The molecule has 1 aliphatic carbocycles. The fourth-order valence-electron chi connectivity index (χ4n) is 6.73. The fourth-order valence-corrected chi connectivity index (χ4v) is 6.73. The molecule has 10 nitrogen and oxygen atoms in total. The van der Waals surface area contributed by atoms with Crippen molar-refractivity contribution in [2.75, 3.05) is 41.0 Å². The van der Waals surface area contributed by atoms with E-state index in [-0.39, 0.29) is 53.3 Å². The Balaban J connectivity index is 1.47. The third-order valence-electron chi connectivity index (χ3n) is 9.63. The molecule has 7 atom stereocenters. The quantitative estimate of drug-likeness (QED) is 0.367. The number of likely N-dealkylation sites (tertiary alicyclic amines) is 1. The predicted octanol–water partition coefficient (Wildman–Crippen LogP) is 2.76. The van der Waals surface area contributed by atoms with E-state index in [0.717, 1.165) is 6.29 Å². The number of ketones is 1. The van der Waals surface area contributed by atoms with Gasteiger partial charge in [0.15, 0.2) is 23.9 Å². The standard InChI is InChI=1S/C30H42N2O8/c1-16(19(14-33)10-18-8-9-31-29(18)36)17(2)27(35)26-25-21(30(25,3)4)13-32(26)24(34)15-40-20-11-22(37-5)28(39-7)23(12-20)38-6/h11-12,14,16-19,21,25-26H,8-10,13,15H2,1-7H3,(H,31,36)/t16?,17?,18-,19-,21?,25-,26?/m0/s1. The van der Waals surface area contributed by atoms with E-state index in [9.17, 15) is 19.2 Å². The van der Waals surface area contributed by atoms with Gasteiger partial charge in [-0.2, -0.15) is 0 Å². The number of nitrogens with one attached hydrogen (secondary N) is 1. The lowest BCUT2D eigenvalue weighted by Crippen LogP contribution is -2.49. The number of nitrogens with zero attached hydrogens (tertiary/aromatic N) is 1. The van der Waals surface area contributed by atoms with E-state index in [2.05, 4.69) is 19.2 Å². The molecule has 3 aliphatic rings. The van der Waals surface area contributed by atoms with Crippen molar-refractivity contribution >= 4 is 23.9 Å². The van der Waals surface area contributed by atoms with Crippen LogP contribution in [-0.4, -0.2) is 75.9 Å². The van der Waals surface area contributed by atoms with E-state index >= 15 is 0 Å². The Morgan fingerprint density at radius 3 is 2.30 bits per heavy atom. The van der Waals surface area contributed by atoms with Crippen LogP contribution in [0.3, 0.4) is 0 Å². The molecule has 1 N–H and O–H groups in total. The molecule has 1 saturated carbocycles. The second-order valence-electron chi connectivity index (χ2n) is 12.0. The Kier molecular flexibility index (Phi) is 8.66. The molecule has 2 aliphatic heterocycles. The van der Waals surface area contributed by atoms with Crippen LogP contribution in [0.1, 0.15) is 40.5 Å². The summed E-state index contributed by atoms with van der Waals surface area (Å²) >= 11 is 0. The van der Waals surface area contributed by atoms with Crippen LogP contribution in [0.15, 0.2) is 12.1 Å². The first-order valence-corrected chi connectivity index (χ1v) is 14.0. The fraction of sp³-hybridized carbons (Fsp3) is 0.667. The molecular formula is C30H42N2O8. The number of hydrogen-bond donors (Lipinski definition) is 1. The van der Waals surface area contributed by atoms with Crippen molar-refractivity contribution in [2.45, 2.75) is 46.6 Å². The molecule has 0 radical (unpaired) electrons. The molecule has 220 valence electrons. The van der Waals surface area contributed by atoms with Crippen LogP contribution in [0.5, 0.6) is 23.0 Å². The van der Waals surface area contributed by atoms with Crippen molar-refractivity contribution < 1.29 is 38.1 Å². The highest BCUT2D eigenvalue weighted by atomic mass is 16.5. The van der Waals surface area contributed by atoms with Crippen LogP contribution in [0.25, 0.3) is 0 Å². The van der Waals surface area contributed by atoms with Gasteiger partial charge in [0.2, 0.25) is 11.7 Å². The maximum atomic E-state index is 14.0. The number of piperidine rings is 1. The number of aldehydes is 1. The molecule has 0 spiro atoms. The zero-order valence-corrected chi connectivity index (χ0v) is 24.5. The van der Waals surface area contributed by atoms with E-state index in [4.69, 9.17) is 18.9 Å². The zero-order chi connectivity index (χ0) is 29.4. The number of carbonyl (C=O) groups is 4. The molecule has 2 saturated heterocycles. The largest absolute Gasteiger partial charge is 0.493 e. The molecule has 3 fully saturated rings. The van der Waals surface area contributed by atoms with Crippen LogP contribution in [-0.2, 0) is 19.2 Å². The van der Waals surface area contributed by atoms with Crippen molar-refractivity contribution in [2.24, 2.45) is 40.9 Å². The molecule has 1 aromatic rings. The Labute approximate surface area is 236 Å². The minimum Gasteiger partial charge on any atom is -0.493 e. The number of benzene rings is 1. The number of carbonyl (C=O) groups excluding carboxylic acids is 4. The summed E-state index contributed by atoms with van der Waals surface area (Å²) in [5, 5.41) is 2.82. The summed E-state index contributed by atoms with van der Waals surface area (Å²) in [6.45, 7) is 8.88. The van der Waals surface area contributed by atoms with Gasteiger partial charge in [-0.15, -0.1) is 0 Å². The maximum Gasteiger partial charge on any atom is 0.261 e. The highest BCUT2D eigenvalue weighted by Gasteiger charge is 2.69. The molecule has 4 rings (SSSR count). The van der Waals surface area contributed by atoms with E-state index in [1.807, 2.05) is 13.8 Å². The molecule has 2 heterocycles. The minimum atomic E-state index is -0.574. The van der Waals surface area contributed by atoms with Crippen LogP contribution >= 0.6 is 0 Å². The van der Waals surface area contributed by atoms with Crippen molar-refractivity contribution in [3.05, 3.63) is 12.1 Å². The third kappa shape index (κ3) is 5.37. The Morgan fingerprint density at radius 1 is 1.12 bits per heavy atom. The summed E-state index contributed by atoms with van der Waals surface area (Å²) in [6, 6.07) is 2.67. The second-order valence-corrected chi connectivity index (χ2v) is 12.0. The lowest BCUT2D eigenvalue weighted by Gasteiger charge is -2.34. The smallest absolute Gasteiger partial charge is 0.261 e. The van der Waals surface area contributed by atoms with E-state index in [0.29, 0.717) is 48.9 Å². The minimum absolute atomic E-state index is 0.0275. The highest BCUT2D eigenvalue weighted by Crippen LogP contribution is 2.65. The van der Waals surface area contributed by atoms with Crippen molar-refractivity contribution in [3.63, 3.8) is 0 Å². The molecule has 0 aromatic heterocycles. The number of fused-ring (bicyclic) bond motifs is 1. The molecule has 40 heavy (non-hydrogen) atoms. The Morgan fingerprint density at radius 2 is 1.77 bits per heavy atom. The lowest BCUT2D eigenvalue weighted by molar-refractivity contribution is -0.143. The topological polar surface area (TPSA) is 120 Å². The van der Waals surface area contributed by atoms with Crippen LogP contribution in [0.2, 0.25) is 0 Å². The number of Topliss-reactive ketones (excluding diaryl/α,β-unsaturated/α-hetero) is 1. The van der Waals surface area contributed by atoms with Gasteiger partial charge in [-0.1, -0.05) is 27.7 Å². The molecule has 0 bridgehead atoms. The van der Waals surface area contributed by atoms with Crippen LogP contribution in [0.4, 0.5) is 0 Å². The van der Waals surface area contributed by atoms with E-state index in [1.165, 1.54) is 21.3 Å². The van der Waals surface area contributed by atoms with Crippen LogP contribution in [0, 0.1) is 40.9 Å². The van der Waals surface area contributed by atoms with Crippen molar-refractivity contribution in [1.29, 1.82) is 0 Å². The maximum absolute atomic E-state index is 14.0. The van der Waals surface area contributed by atoms with Crippen LogP contribution < -0.4 is 24.3 Å². The zero-order valence-electron chi connectivity index (χ0n) is 24.5. The average molecular weight is 559 g/mol. The third-order valence-corrected chi connectivity index (χ3v) is 9.63. The van der Waals surface area contributed by atoms with Gasteiger partial charge in [0.25, 0.3) is 5.91 Å². The first-order chi connectivity index (χ1) is 19.0. The Bertz CT molecular complexity index is 1130. The first kappa shape index (κ1) is 29.7. The first-order valence-electron chi connectivity index (χ1n) is 14.0. The normalized spacial score (nSPS) is 26.7.